The smallest absolute Gasteiger partial charge is 0.274 e. The van der Waals surface area contributed by atoms with Crippen molar-refractivity contribution in [2.75, 3.05) is 18.0 Å². The van der Waals surface area contributed by atoms with Crippen LogP contribution in [0.4, 0.5) is 5.82 Å². The second-order valence-corrected chi connectivity index (χ2v) is 7.65. The van der Waals surface area contributed by atoms with Gasteiger partial charge in [-0.3, -0.25) is 9.20 Å². The second-order valence-electron chi connectivity index (χ2n) is 7.65. The predicted octanol–water partition coefficient (Wildman–Crippen LogP) is 1.88. The largest absolute Gasteiger partial charge is 0.351 e. The molecule has 6 heterocycles. The summed E-state index contributed by atoms with van der Waals surface area (Å²) in [5.74, 6) is 1.49. The van der Waals surface area contributed by atoms with E-state index in [1.165, 1.54) is 0 Å². The number of fused-ring (bicyclic) bond motifs is 3. The van der Waals surface area contributed by atoms with Crippen molar-refractivity contribution < 1.29 is 4.79 Å². The van der Waals surface area contributed by atoms with Gasteiger partial charge in [-0.05, 0) is 31.4 Å². The van der Waals surface area contributed by atoms with Crippen molar-refractivity contribution >= 4 is 28.5 Å². The van der Waals surface area contributed by atoms with Crippen LogP contribution in [0.2, 0.25) is 0 Å². The lowest BCUT2D eigenvalue weighted by Gasteiger charge is -2.40. The van der Waals surface area contributed by atoms with Gasteiger partial charge < -0.3 is 14.8 Å². The van der Waals surface area contributed by atoms with Gasteiger partial charge in [0.1, 0.15) is 23.5 Å². The molecule has 146 valence electrons. The van der Waals surface area contributed by atoms with Crippen LogP contribution in [0.1, 0.15) is 29.8 Å². The van der Waals surface area contributed by atoms with E-state index in [0.717, 1.165) is 49.2 Å². The fraction of sp³-hybridized carbons (Fsp3) is 0.350. The van der Waals surface area contributed by atoms with Gasteiger partial charge in [0.2, 0.25) is 5.78 Å². The first-order chi connectivity index (χ1) is 14.3. The molecule has 1 amide bonds. The van der Waals surface area contributed by atoms with Crippen molar-refractivity contribution in [1.29, 1.82) is 0 Å². The fourth-order valence-electron chi connectivity index (χ4n) is 4.87. The third-order valence-electron chi connectivity index (χ3n) is 6.13. The highest BCUT2D eigenvalue weighted by atomic mass is 16.2. The number of nitrogens with one attached hydrogen (secondary N) is 1. The summed E-state index contributed by atoms with van der Waals surface area (Å²) in [5.41, 5.74) is 1.30. The third-order valence-corrected chi connectivity index (χ3v) is 6.13. The number of rotatable bonds is 2. The molecule has 0 bridgehead atoms. The minimum atomic E-state index is -0.0125. The molecule has 9 heteroatoms. The normalized spacial score (nSPS) is 21.8. The van der Waals surface area contributed by atoms with Crippen LogP contribution in [0.15, 0.2) is 43.2 Å². The summed E-state index contributed by atoms with van der Waals surface area (Å²) in [5, 5.41) is 1.03. The number of likely N-dealkylation sites (tertiary alicyclic amines) is 1. The Morgan fingerprint density at radius 1 is 1.14 bits per heavy atom. The highest BCUT2D eigenvalue weighted by molar-refractivity contribution is 5.93. The lowest BCUT2D eigenvalue weighted by molar-refractivity contribution is 0.0603. The number of H-pyrrole nitrogens is 1. The first-order valence-electron chi connectivity index (χ1n) is 9.95. The van der Waals surface area contributed by atoms with Crippen molar-refractivity contribution in [1.82, 2.24) is 34.2 Å². The average molecular weight is 388 g/mol. The molecule has 2 aliphatic rings. The van der Waals surface area contributed by atoms with Crippen LogP contribution in [0, 0.1) is 0 Å². The number of aromatic nitrogens is 6. The van der Waals surface area contributed by atoms with Crippen LogP contribution in [0.5, 0.6) is 0 Å². The molecule has 0 radical (unpaired) electrons. The summed E-state index contributed by atoms with van der Waals surface area (Å²) >= 11 is 0. The monoisotopic (exact) mass is 388 g/mol. The summed E-state index contributed by atoms with van der Waals surface area (Å²) in [7, 11) is 0. The van der Waals surface area contributed by atoms with E-state index in [1.54, 1.807) is 23.1 Å². The SMILES string of the molecule is O=C(c1cn2cccnc2n1)N1CCC[C@@H]2[C@H]1CCN2c1ncnc2[nH]ccc12. The van der Waals surface area contributed by atoms with E-state index in [0.29, 0.717) is 11.5 Å². The molecular formula is C20H20N8O. The highest BCUT2D eigenvalue weighted by Crippen LogP contribution is 2.36. The number of nitrogens with zero attached hydrogens (tertiary/aromatic N) is 7. The van der Waals surface area contributed by atoms with E-state index < -0.39 is 0 Å². The molecule has 2 atom stereocenters. The lowest BCUT2D eigenvalue weighted by Crippen LogP contribution is -2.52. The molecular weight excluding hydrogens is 368 g/mol. The van der Waals surface area contributed by atoms with Crippen molar-refractivity contribution in [2.45, 2.75) is 31.3 Å². The number of hydrogen-bond donors (Lipinski definition) is 1. The van der Waals surface area contributed by atoms with Gasteiger partial charge in [0.25, 0.3) is 5.91 Å². The number of carbonyl (C=O) groups is 1. The molecule has 6 rings (SSSR count). The standard InChI is InChI=1S/C20H20N8O/c29-19(14-11-26-8-2-6-22-20(26)25-14)28-9-1-3-15-16(28)5-10-27(15)18-13-4-7-21-17(13)23-12-24-18/h2,4,6-8,11-12,15-16H,1,3,5,9-10H2,(H,21,23,24)/t15-,16-/m1/s1. The van der Waals surface area contributed by atoms with Crippen LogP contribution in [0.3, 0.4) is 0 Å². The Hall–Kier alpha value is -3.49. The number of piperidine rings is 1. The van der Waals surface area contributed by atoms with Gasteiger partial charge in [0, 0.05) is 37.9 Å². The predicted molar refractivity (Wildman–Crippen MR) is 107 cm³/mol. The Morgan fingerprint density at radius 2 is 2.10 bits per heavy atom. The van der Waals surface area contributed by atoms with Gasteiger partial charge in [-0.1, -0.05) is 0 Å². The fourth-order valence-corrected chi connectivity index (χ4v) is 4.87. The molecule has 2 fully saturated rings. The molecule has 2 aliphatic heterocycles. The van der Waals surface area contributed by atoms with Crippen molar-refractivity contribution in [3.8, 4) is 0 Å². The van der Waals surface area contributed by atoms with E-state index >= 15 is 0 Å². The number of aromatic amines is 1. The summed E-state index contributed by atoms with van der Waals surface area (Å²) in [6.07, 6.45) is 11.8. The molecule has 0 saturated carbocycles. The second kappa shape index (κ2) is 6.26. The van der Waals surface area contributed by atoms with Crippen LogP contribution < -0.4 is 4.90 Å². The van der Waals surface area contributed by atoms with E-state index in [2.05, 4.69) is 29.8 Å². The minimum absolute atomic E-state index is 0.0125. The van der Waals surface area contributed by atoms with Crippen LogP contribution in [0.25, 0.3) is 16.8 Å². The van der Waals surface area contributed by atoms with Crippen molar-refractivity contribution in [3.05, 3.63) is 48.9 Å². The molecule has 0 aliphatic carbocycles. The van der Waals surface area contributed by atoms with Crippen LogP contribution in [-0.2, 0) is 0 Å². The lowest BCUT2D eigenvalue weighted by atomic mass is 9.96. The first-order valence-corrected chi connectivity index (χ1v) is 9.95. The molecule has 9 nitrogen and oxygen atoms in total. The van der Waals surface area contributed by atoms with E-state index in [-0.39, 0.29) is 18.0 Å². The molecule has 0 aromatic carbocycles. The van der Waals surface area contributed by atoms with E-state index in [4.69, 9.17) is 0 Å². The zero-order valence-corrected chi connectivity index (χ0v) is 15.8. The number of imidazole rings is 1. The van der Waals surface area contributed by atoms with E-state index in [1.807, 2.05) is 29.4 Å². The number of carbonyl (C=O) groups excluding carboxylic acids is 1. The zero-order chi connectivity index (χ0) is 19.4. The Bertz CT molecular complexity index is 1180. The Morgan fingerprint density at radius 3 is 3.03 bits per heavy atom. The maximum Gasteiger partial charge on any atom is 0.274 e. The van der Waals surface area contributed by atoms with Crippen LogP contribution >= 0.6 is 0 Å². The average Bonchev–Trinajstić information content (AvgIpc) is 3.49. The first kappa shape index (κ1) is 16.5. The Labute approximate surface area is 166 Å². The Kier molecular flexibility index (Phi) is 3.56. The van der Waals surface area contributed by atoms with E-state index in [9.17, 15) is 4.79 Å². The van der Waals surface area contributed by atoms with Crippen LogP contribution in [-0.4, -0.2) is 65.3 Å². The molecule has 0 spiro atoms. The molecule has 1 N–H and O–H groups in total. The van der Waals surface area contributed by atoms with Gasteiger partial charge in [-0.15, -0.1) is 0 Å². The quantitative estimate of drug-likeness (QED) is 0.563. The maximum atomic E-state index is 13.3. The molecule has 0 unspecified atom stereocenters. The highest BCUT2D eigenvalue weighted by Gasteiger charge is 2.43. The number of hydrogen-bond acceptors (Lipinski definition) is 6. The molecule has 4 aromatic rings. The molecule has 4 aromatic heterocycles. The van der Waals surface area contributed by atoms with Gasteiger partial charge in [0.15, 0.2) is 0 Å². The molecule has 29 heavy (non-hydrogen) atoms. The zero-order valence-electron chi connectivity index (χ0n) is 15.8. The van der Waals surface area contributed by atoms with Crippen molar-refractivity contribution in [2.24, 2.45) is 0 Å². The van der Waals surface area contributed by atoms with Gasteiger partial charge in [-0.25, -0.2) is 19.9 Å². The van der Waals surface area contributed by atoms with Gasteiger partial charge in [0.05, 0.1) is 17.5 Å². The third kappa shape index (κ3) is 2.50. The van der Waals surface area contributed by atoms with Gasteiger partial charge in [-0.2, -0.15) is 0 Å². The Balaban J connectivity index is 1.32. The summed E-state index contributed by atoms with van der Waals surface area (Å²) in [4.78, 5) is 38.4. The maximum absolute atomic E-state index is 13.3. The van der Waals surface area contributed by atoms with Gasteiger partial charge >= 0.3 is 0 Å². The topological polar surface area (TPSA) is 95.3 Å². The summed E-state index contributed by atoms with van der Waals surface area (Å²) in [6.45, 7) is 1.64. The summed E-state index contributed by atoms with van der Waals surface area (Å²) < 4.78 is 1.79. The number of amides is 1. The molecule has 2 saturated heterocycles. The number of anilines is 1. The van der Waals surface area contributed by atoms with Crippen molar-refractivity contribution in [3.63, 3.8) is 0 Å². The minimum Gasteiger partial charge on any atom is -0.351 e. The summed E-state index contributed by atoms with van der Waals surface area (Å²) in [6, 6.07) is 4.28.